The molecule has 0 bridgehead atoms. The van der Waals surface area contributed by atoms with Crippen LogP contribution in [0.25, 0.3) is 0 Å². The van der Waals surface area contributed by atoms with Crippen LogP contribution < -0.4 is 0 Å². The number of hydrogen-bond donors (Lipinski definition) is 0. The molecule has 3 heteroatoms. The van der Waals surface area contributed by atoms with Gasteiger partial charge < -0.3 is 9.16 Å². The zero-order valence-corrected chi connectivity index (χ0v) is 8.14. The van der Waals surface area contributed by atoms with Crippen molar-refractivity contribution in [3.8, 4) is 0 Å². The molecule has 0 saturated carbocycles. The van der Waals surface area contributed by atoms with E-state index in [1.165, 1.54) is 0 Å². The molecule has 0 spiro atoms. The first-order valence-corrected chi connectivity index (χ1v) is 5.06. The van der Waals surface area contributed by atoms with Gasteiger partial charge in [0.1, 0.15) is 0 Å². The van der Waals surface area contributed by atoms with Crippen LogP contribution in [0.4, 0.5) is 0 Å². The van der Waals surface area contributed by atoms with Gasteiger partial charge in [0.25, 0.3) is 0 Å². The maximum atomic E-state index is 5.30. The van der Waals surface area contributed by atoms with Crippen molar-refractivity contribution in [2.24, 2.45) is 0 Å². The molecular weight excluding hydrogens is 156 g/mol. The first-order chi connectivity index (χ1) is 5.41. The predicted molar refractivity (Wildman–Crippen MR) is 47.8 cm³/mol. The lowest BCUT2D eigenvalue weighted by Gasteiger charge is -2.01. The van der Waals surface area contributed by atoms with E-state index < -0.39 is 0 Å². The van der Waals surface area contributed by atoms with Gasteiger partial charge in [-0.15, -0.1) is 6.58 Å². The van der Waals surface area contributed by atoms with Crippen molar-refractivity contribution in [1.82, 2.24) is 0 Å². The molecular formula is C8H16O2Si. The van der Waals surface area contributed by atoms with Crippen molar-refractivity contribution >= 4 is 9.76 Å². The van der Waals surface area contributed by atoms with Gasteiger partial charge in [-0.25, -0.2) is 0 Å². The molecule has 64 valence electrons. The average molecular weight is 172 g/mol. The SMILES string of the molecule is C=CC[Si]OCCCOCC. The van der Waals surface area contributed by atoms with Gasteiger partial charge in [0, 0.05) is 19.8 Å². The van der Waals surface area contributed by atoms with E-state index in [2.05, 4.69) is 6.58 Å². The summed E-state index contributed by atoms with van der Waals surface area (Å²) in [6.07, 6.45) is 2.87. The van der Waals surface area contributed by atoms with Crippen LogP contribution in [0, 0.1) is 0 Å². The Morgan fingerprint density at radius 2 is 2.27 bits per heavy atom. The predicted octanol–water partition coefficient (Wildman–Crippen LogP) is 1.65. The highest BCUT2D eigenvalue weighted by Crippen LogP contribution is 1.86. The summed E-state index contributed by atoms with van der Waals surface area (Å²) in [5, 5.41) is 0. The van der Waals surface area contributed by atoms with E-state index in [1.54, 1.807) is 0 Å². The van der Waals surface area contributed by atoms with Crippen molar-refractivity contribution in [2.75, 3.05) is 19.8 Å². The molecule has 0 N–H and O–H groups in total. The fourth-order valence-corrected chi connectivity index (χ4v) is 1.09. The molecule has 2 nitrogen and oxygen atoms in total. The van der Waals surface area contributed by atoms with Crippen molar-refractivity contribution in [3.63, 3.8) is 0 Å². The summed E-state index contributed by atoms with van der Waals surface area (Å²) in [4.78, 5) is 0. The number of allylic oxidation sites excluding steroid dienone is 1. The van der Waals surface area contributed by atoms with E-state index in [0.717, 1.165) is 32.3 Å². The van der Waals surface area contributed by atoms with Crippen molar-refractivity contribution in [1.29, 1.82) is 0 Å². The molecule has 0 amide bonds. The zero-order chi connectivity index (χ0) is 8.36. The van der Waals surface area contributed by atoms with Gasteiger partial charge in [0.2, 0.25) is 9.76 Å². The average Bonchev–Trinajstić information content (AvgIpc) is 2.03. The molecule has 0 saturated heterocycles. The van der Waals surface area contributed by atoms with Gasteiger partial charge in [0.15, 0.2) is 0 Å². The molecule has 0 aliphatic carbocycles. The van der Waals surface area contributed by atoms with E-state index in [4.69, 9.17) is 9.16 Å². The Kier molecular flexibility index (Phi) is 9.77. The molecule has 0 rings (SSSR count). The molecule has 2 radical (unpaired) electrons. The van der Waals surface area contributed by atoms with Crippen LogP contribution in [0.3, 0.4) is 0 Å². The molecule has 0 aromatic rings. The molecule has 0 aromatic carbocycles. The van der Waals surface area contributed by atoms with Gasteiger partial charge >= 0.3 is 0 Å². The fourth-order valence-electron chi connectivity index (χ4n) is 0.568. The molecule has 0 aromatic heterocycles. The van der Waals surface area contributed by atoms with Crippen LogP contribution in [0.5, 0.6) is 0 Å². The molecule has 11 heavy (non-hydrogen) atoms. The fraction of sp³-hybridized carbons (Fsp3) is 0.750. The number of ether oxygens (including phenoxy) is 1. The summed E-state index contributed by atoms with van der Waals surface area (Å²) in [5.41, 5.74) is 0. The minimum atomic E-state index is 0.571. The first kappa shape index (κ1) is 10.9. The summed E-state index contributed by atoms with van der Waals surface area (Å²) in [6.45, 7) is 8.04. The number of rotatable bonds is 8. The highest BCUT2D eigenvalue weighted by atomic mass is 28.2. The summed E-state index contributed by atoms with van der Waals surface area (Å²) < 4.78 is 10.4. The Labute approximate surface area is 71.5 Å². The monoisotopic (exact) mass is 172 g/mol. The minimum absolute atomic E-state index is 0.571. The maximum Gasteiger partial charge on any atom is 0.233 e. The van der Waals surface area contributed by atoms with Crippen molar-refractivity contribution in [2.45, 2.75) is 19.4 Å². The highest BCUT2D eigenvalue weighted by Gasteiger charge is 1.88. The van der Waals surface area contributed by atoms with Gasteiger partial charge in [-0.3, -0.25) is 0 Å². The highest BCUT2D eigenvalue weighted by molar-refractivity contribution is 6.27. The Balaban J connectivity index is 2.74. The standard InChI is InChI=1S/C8H16O2Si/c1-3-8-11-10-7-5-6-9-4-2/h3H,1,4-8H2,2H3. The minimum Gasteiger partial charge on any atom is -0.417 e. The largest absolute Gasteiger partial charge is 0.417 e. The van der Waals surface area contributed by atoms with Crippen LogP contribution in [0.1, 0.15) is 13.3 Å². The second kappa shape index (κ2) is 9.88. The first-order valence-electron chi connectivity index (χ1n) is 3.95. The van der Waals surface area contributed by atoms with Crippen LogP contribution in [-0.2, 0) is 9.16 Å². The summed E-state index contributed by atoms with van der Waals surface area (Å²) >= 11 is 0. The normalized spacial score (nSPS) is 9.91. The molecule has 0 fully saturated rings. The molecule has 0 atom stereocenters. The Morgan fingerprint density at radius 1 is 1.45 bits per heavy atom. The van der Waals surface area contributed by atoms with E-state index in [-0.39, 0.29) is 0 Å². The van der Waals surface area contributed by atoms with Gasteiger partial charge in [-0.2, -0.15) is 0 Å². The quantitative estimate of drug-likeness (QED) is 0.315. The zero-order valence-electron chi connectivity index (χ0n) is 7.14. The molecule has 0 unspecified atom stereocenters. The Bertz CT molecular complexity index is 86.2. The third-order valence-electron chi connectivity index (χ3n) is 1.07. The van der Waals surface area contributed by atoms with Gasteiger partial charge in [-0.1, -0.05) is 6.08 Å². The third-order valence-corrected chi connectivity index (χ3v) is 1.93. The van der Waals surface area contributed by atoms with Gasteiger partial charge in [-0.05, 0) is 19.4 Å². The number of hydrogen-bond acceptors (Lipinski definition) is 2. The lowest BCUT2D eigenvalue weighted by atomic mass is 10.5. The van der Waals surface area contributed by atoms with E-state index in [0.29, 0.717) is 9.76 Å². The third kappa shape index (κ3) is 9.88. The summed E-state index contributed by atoms with van der Waals surface area (Å²) in [6, 6.07) is 0.967. The van der Waals surface area contributed by atoms with Crippen LogP contribution in [0.15, 0.2) is 12.7 Å². The van der Waals surface area contributed by atoms with Crippen LogP contribution in [-0.4, -0.2) is 29.6 Å². The molecule has 0 aliphatic rings. The maximum absolute atomic E-state index is 5.30. The van der Waals surface area contributed by atoms with Crippen LogP contribution in [0.2, 0.25) is 6.04 Å². The van der Waals surface area contributed by atoms with Gasteiger partial charge in [0.05, 0.1) is 0 Å². The van der Waals surface area contributed by atoms with Crippen LogP contribution >= 0.6 is 0 Å². The molecule has 0 aliphatic heterocycles. The van der Waals surface area contributed by atoms with E-state index in [9.17, 15) is 0 Å². The lowest BCUT2D eigenvalue weighted by Crippen LogP contribution is -2.03. The smallest absolute Gasteiger partial charge is 0.233 e. The topological polar surface area (TPSA) is 18.5 Å². The van der Waals surface area contributed by atoms with E-state index in [1.807, 2.05) is 13.0 Å². The van der Waals surface area contributed by atoms with E-state index >= 15 is 0 Å². The summed E-state index contributed by atoms with van der Waals surface area (Å²) in [7, 11) is 0.571. The Hall–Kier alpha value is -0.123. The lowest BCUT2D eigenvalue weighted by molar-refractivity contribution is 0.131. The van der Waals surface area contributed by atoms with Crippen molar-refractivity contribution in [3.05, 3.63) is 12.7 Å². The Morgan fingerprint density at radius 3 is 2.91 bits per heavy atom. The van der Waals surface area contributed by atoms with Crippen molar-refractivity contribution < 1.29 is 9.16 Å². The molecule has 0 heterocycles. The summed E-state index contributed by atoms with van der Waals surface area (Å²) in [5.74, 6) is 0. The second-order valence-corrected chi connectivity index (χ2v) is 3.02. The second-order valence-electron chi connectivity index (χ2n) is 2.04.